The normalized spacial score (nSPS) is 15.4. The van der Waals surface area contributed by atoms with Gasteiger partial charge in [-0.3, -0.25) is 0 Å². The SMILES string of the molecule is Fc1ccc(CNCC2CC2)c2ccccc12. The Labute approximate surface area is 101 Å². The number of fused-ring (bicyclic) bond motifs is 1. The second kappa shape index (κ2) is 4.46. The Morgan fingerprint density at radius 1 is 1.06 bits per heavy atom. The molecule has 2 heteroatoms. The molecule has 17 heavy (non-hydrogen) atoms. The number of hydrogen-bond donors (Lipinski definition) is 1. The summed E-state index contributed by atoms with van der Waals surface area (Å²) < 4.78 is 13.6. The van der Waals surface area contributed by atoms with E-state index in [4.69, 9.17) is 0 Å². The lowest BCUT2D eigenvalue weighted by Gasteiger charge is -2.08. The average molecular weight is 229 g/mol. The van der Waals surface area contributed by atoms with Crippen molar-refractivity contribution in [2.75, 3.05) is 6.54 Å². The summed E-state index contributed by atoms with van der Waals surface area (Å²) in [6.07, 6.45) is 2.72. The summed E-state index contributed by atoms with van der Waals surface area (Å²) in [5.74, 6) is 0.744. The third-order valence-electron chi connectivity index (χ3n) is 3.41. The summed E-state index contributed by atoms with van der Waals surface area (Å²) >= 11 is 0. The monoisotopic (exact) mass is 229 g/mol. The Morgan fingerprint density at radius 3 is 2.59 bits per heavy atom. The lowest BCUT2D eigenvalue weighted by molar-refractivity contribution is 0.631. The van der Waals surface area contributed by atoms with Gasteiger partial charge in [-0.15, -0.1) is 0 Å². The van der Waals surface area contributed by atoms with Crippen molar-refractivity contribution in [1.29, 1.82) is 0 Å². The second-order valence-corrected chi connectivity index (χ2v) is 4.83. The molecule has 2 aromatic carbocycles. The third kappa shape index (κ3) is 2.32. The standard InChI is InChI=1S/C15H16FN/c16-15-8-7-12(10-17-9-11-5-6-11)13-3-1-2-4-14(13)15/h1-4,7-8,11,17H,5-6,9-10H2. The Bertz CT molecular complexity index is 531. The van der Waals surface area contributed by atoms with Crippen LogP contribution >= 0.6 is 0 Å². The molecule has 2 aromatic rings. The molecule has 0 spiro atoms. The van der Waals surface area contributed by atoms with Gasteiger partial charge in [0.05, 0.1) is 0 Å². The molecule has 0 atom stereocenters. The maximum Gasteiger partial charge on any atom is 0.131 e. The van der Waals surface area contributed by atoms with Crippen molar-refractivity contribution in [3.05, 3.63) is 47.8 Å². The molecule has 0 aliphatic heterocycles. The molecule has 3 rings (SSSR count). The fraction of sp³-hybridized carbons (Fsp3) is 0.333. The van der Waals surface area contributed by atoms with Gasteiger partial charge in [0, 0.05) is 11.9 Å². The molecule has 1 nitrogen and oxygen atoms in total. The first kappa shape index (κ1) is 10.7. The van der Waals surface area contributed by atoms with Gasteiger partial charge >= 0.3 is 0 Å². The van der Waals surface area contributed by atoms with E-state index in [-0.39, 0.29) is 5.82 Å². The first-order valence-corrected chi connectivity index (χ1v) is 6.21. The highest BCUT2D eigenvalue weighted by atomic mass is 19.1. The molecule has 1 aliphatic rings. The number of nitrogens with one attached hydrogen (secondary N) is 1. The summed E-state index contributed by atoms with van der Waals surface area (Å²) in [6.45, 7) is 1.92. The molecule has 88 valence electrons. The fourth-order valence-corrected chi connectivity index (χ4v) is 2.21. The van der Waals surface area contributed by atoms with Gasteiger partial charge in [0.25, 0.3) is 0 Å². The van der Waals surface area contributed by atoms with E-state index in [1.54, 1.807) is 6.07 Å². The van der Waals surface area contributed by atoms with Crippen LogP contribution in [-0.2, 0) is 6.54 Å². The number of benzene rings is 2. The van der Waals surface area contributed by atoms with Crippen LogP contribution in [0.1, 0.15) is 18.4 Å². The Hall–Kier alpha value is -1.41. The molecular formula is C15H16FN. The van der Waals surface area contributed by atoms with Crippen molar-refractivity contribution in [2.24, 2.45) is 5.92 Å². The summed E-state index contributed by atoms with van der Waals surface area (Å²) in [4.78, 5) is 0. The summed E-state index contributed by atoms with van der Waals surface area (Å²) in [5, 5.41) is 5.20. The van der Waals surface area contributed by atoms with Crippen molar-refractivity contribution in [2.45, 2.75) is 19.4 Å². The zero-order valence-corrected chi connectivity index (χ0v) is 9.75. The van der Waals surface area contributed by atoms with Gasteiger partial charge in [-0.1, -0.05) is 30.3 Å². The molecule has 1 N–H and O–H groups in total. The first-order valence-electron chi connectivity index (χ1n) is 6.21. The Morgan fingerprint density at radius 2 is 1.82 bits per heavy atom. The first-order chi connectivity index (χ1) is 8.34. The van der Waals surface area contributed by atoms with Crippen LogP contribution in [0.5, 0.6) is 0 Å². The minimum atomic E-state index is -0.133. The molecule has 0 heterocycles. The molecule has 1 aliphatic carbocycles. The fourth-order valence-electron chi connectivity index (χ4n) is 2.21. The zero-order chi connectivity index (χ0) is 11.7. The van der Waals surface area contributed by atoms with Crippen LogP contribution in [0.4, 0.5) is 4.39 Å². The molecule has 1 fully saturated rings. The zero-order valence-electron chi connectivity index (χ0n) is 9.75. The van der Waals surface area contributed by atoms with Crippen LogP contribution in [0, 0.1) is 11.7 Å². The maximum atomic E-state index is 13.6. The van der Waals surface area contributed by atoms with Gasteiger partial charge in [0.15, 0.2) is 0 Å². The van der Waals surface area contributed by atoms with Gasteiger partial charge in [-0.05, 0) is 42.3 Å². The van der Waals surface area contributed by atoms with E-state index in [1.165, 1.54) is 18.4 Å². The molecule has 0 aromatic heterocycles. The molecular weight excluding hydrogens is 213 g/mol. The largest absolute Gasteiger partial charge is 0.312 e. The van der Waals surface area contributed by atoms with E-state index in [0.717, 1.165) is 29.8 Å². The lowest BCUT2D eigenvalue weighted by Crippen LogP contribution is -2.16. The molecule has 0 saturated heterocycles. The minimum absolute atomic E-state index is 0.133. The van der Waals surface area contributed by atoms with Crippen molar-refractivity contribution < 1.29 is 4.39 Å². The van der Waals surface area contributed by atoms with Gasteiger partial charge < -0.3 is 5.32 Å². The highest BCUT2D eigenvalue weighted by molar-refractivity contribution is 5.86. The number of hydrogen-bond acceptors (Lipinski definition) is 1. The van der Waals surface area contributed by atoms with Crippen LogP contribution in [-0.4, -0.2) is 6.54 Å². The topological polar surface area (TPSA) is 12.0 Å². The molecule has 1 saturated carbocycles. The van der Waals surface area contributed by atoms with Crippen LogP contribution in [0.15, 0.2) is 36.4 Å². The number of rotatable bonds is 4. The summed E-state index contributed by atoms with van der Waals surface area (Å²) in [7, 11) is 0. The van der Waals surface area contributed by atoms with E-state index in [9.17, 15) is 4.39 Å². The summed E-state index contributed by atoms with van der Waals surface area (Å²) in [5.41, 5.74) is 1.18. The van der Waals surface area contributed by atoms with E-state index >= 15 is 0 Å². The second-order valence-electron chi connectivity index (χ2n) is 4.83. The van der Waals surface area contributed by atoms with Gasteiger partial charge in [-0.2, -0.15) is 0 Å². The lowest BCUT2D eigenvalue weighted by atomic mass is 10.0. The van der Waals surface area contributed by atoms with Crippen molar-refractivity contribution in [3.8, 4) is 0 Å². The van der Waals surface area contributed by atoms with Crippen LogP contribution in [0.3, 0.4) is 0 Å². The van der Waals surface area contributed by atoms with Crippen LogP contribution in [0.2, 0.25) is 0 Å². The smallest absolute Gasteiger partial charge is 0.131 e. The highest BCUT2D eigenvalue weighted by Gasteiger charge is 2.20. The average Bonchev–Trinajstić information content (AvgIpc) is 3.17. The van der Waals surface area contributed by atoms with Crippen molar-refractivity contribution >= 4 is 10.8 Å². The predicted octanol–water partition coefficient (Wildman–Crippen LogP) is 3.48. The van der Waals surface area contributed by atoms with E-state index in [0.29, 0.717) is 0 Å². The van der Waals surface area contributed by atoms with Crippen molar-refractivity contribution in [3.63, 3.8) is 0 Å². The maximum absolute atomic E-state index is 13.6. The van der Waals surface area contributed by atoms with Crippen LogP contribution in [0.25, 0.3) is 10.8 Å². The number of halogens is 1. The van der Waals surface area contributed by atoms with E-state index in [2.05, 4.69) is 5.32 Å². The molecule has 0 amide bonds. The van der Waals surface area contributed by atoms with Crippen molar-refractivity contribution in [1.82, 2.24) is 5.32 Å². The van der Waals surface area contributed by atoms with E-state index < -0.39 is 0 Å². The van der Waals surface area contributed by atoms with E-state index in [1.807, 2.05) is 30.3 Å². The summed E-state index contributed by atoms with van der Waals surface area (Å²) in [6, 6.07) is 11.1. The van der Waals surface area contributed by atoms with Gasteiger partial charge in [-0.25, -0.2) is 4.39 Å². The Balaban J connectivity index is 1.84. The molecule has 0 radical (unpaired) electrons. The van der Waals surface area contributed by atoms with Crippen LogP contribution < -0.4 is 5.32 Å². The quantitative estimate of drug-likeness (QED) is 0.846. The molecule has 0 unspecified atom stereocenters. The predicted molar refractivity (Wildman–Crippen MR) is 68.3 cm³/mol. The highest BCUT2D eigenvalue weighted by Crippen LogP contribution is 2.28. The Kier molecular flexibility index (Phi) is 2.81. The van der Waals surface area contributed by atoms with Gasteiger partial charge in [0.1, 0.15) is 5.82 Å². The minimum Gasteiger partial charge on any atom is -0.312 e. The third-order valence-corrected chi connectivity index (χ3v) is 3.41. The molecule has 0 bridgehead atoms. The van der Waals surface area contributed by atoms with Gasteiger partial charge in [0.2, 0.25) is 0 Å².